The third-order valence-corrected chi connectivity index (χ3v) is 3.79. The van der Waals surface area contributed by atoms with Crippen LogP contribution >= 0.6 is 0 Å². The summed E-state index contributed by atoms with van der Waals surface area (Å²) in [7, 11) is 0. The molecule has 0 unspecified atom stereocenters. The topological polar surface area (TPSA) is 120 Å². The van der Waals surface area contributed by atoms with Gasteiger partial charge in [-0.3, -0.25) is 4.68 Å². The average Bonchev–Trinajstić information content (AvgIpc) is 3.30. The van der Waals surface area contributed by atoms with E-state index >= 15 is 0 Å². The number of nitrogens with one attached hydrogen (secondary N) is 1. The summed E-state index contributed by atoms with van der Waals surface area (Å²) < 4.78 is 33.6. The number of carboxylic acid groups (broad SMARTS) is 1. The molecule has 0 fully saturated rings. The third-order valence-electron chi connectivity index (χ3n) is 3.79. The molecule has 0 aromatic carbocycles. The van der Waals surface area contributed by atoms with Gasteiger partial charge in [-0.1, -0.05) is 13.3 Å². The summed E-state index contributed by atoms with van der Waals surface area (Å²) in [6.07, 6.45) is 4.52. The Kier molecular flexibility index (Phi) is 6.70. The van der Waals surface area contributed by atoms with Crippen LogP contribution in [0, 0.1) is 11.3 Å². The summed E-state index contributed by atoms with van der Waals surface area (Å²) in [5.74, 6) is -2.76. The molecule has 8 nitrogen and oxygen atoms in total. The van der Waals surface area contributed by atoms with E-state index in [0.29, 0.717) is 6.42 Å². The van der Waals surface area contributed by atoms with Crippen LogP contribution in [0.5, 0.6) is 0 Å². The molecular formula is C17H17F3N6O2. The number of nitrogens with zero attached hydrogens (tertiary/aromatic N) is 5. The highest BCUT2D eigenvalue weighted by atomic mass is 19.4. The number of halogens is 3. The number of rotatable bonds is 5. The van der Waals surface area contributed by atoms with Crippen molar-refractivity contribution >= 4 is 17.0 Å². The van der Waals surface area contributed by atoms with Crippen LogP contribution in [0.4, 0.5) is 13.2 Å². The van der Waals surface area contributed by atoms with Crippen molar-refractivity contribution < 1.29 is 23.1 Å². The largest absolute Gasteiger partial charge is 0.490 e. The number of hydrogen-bond donors (Lipinski definition) is 2. The van der Waals surface area contributed by atoms with Crippen molar-refractivity contribution in [2.24, 2.45) is 0 Å². The van der Waals surface area contributed by atoms with Crippen LogP contribution in [0.2, 0.25) is 0 Å². The van der Waals surface area contributed by atoms with E-state index in [4.69, 9.17) is 15.2 Å². The Hall–Kier alpha value is -3.42. The third kappa shape index (κ3) is 5.06. The molecule has 2 N–H and O–H groups in total. The summed E-state index contributed by atoms with van der Waals surface area (Å²) in [5.41, 5.74) is 2.62. The van der Waals surface area contributed by atoms with Crippen LogP contribution in [0.25, 0.3) is 22.3 Å². The molecule has 28 heavy (non-hydrogen) atoms. The van der Waals surface area contributed by atoms with Gasteiger partial charge in [0.25, 0.3) is 0 Å². The maximum absolute atomic E-state index is 10.6. The van der Waals surface area contributed by atoms with Gasteiger partial charge in [-0.05, 0) is 12.5 Å². The molecule has 0 bridgehead atoms. The summed E-state index contributed by atoms with van der Waals surface area (Å²) in [4.78, 5) is 20.5. The summed E-state index contributed by atoms with van der Waals surface area (Å²) >= 11 is 0. The standard InChI is InChI=1S/C15H16N6.C2HF3O2/c1-2-3-12(4-6-16)21-9-11(8-20-21)14-13-5-7-17-15(13)19-10-18-14;3-2(4,5)1(6)7/h5,7-10,12H,2-4H2,1H3,(H,17,18,19);(H,6,7)/t12-;/m1./s1. The number of H-pyrrole nitrogens is 1. The first kappa shape index (κ1) is 20.9. The van der Waals surface area contributed by atoms with E-state index in [1.807, 2.05) is 23.1 Å². The molecule has 1 atom stereocenters. The summed E-state index contributed by atoms with van der Waals surface area (Å²) in [6, 6.07) is 4.32. The Morgan fingerprint density at radius 2 is 2.14 bits per heavy atom. The molecule has 148 valence electrons. The fraction of sp³-hybridized carbons (Fsp3) is 0.353. The monoisotopic (exact) mass is 394 g/mol. The van der Waals surface area contributed by atoms with Crippen LogP contribution in [0.15, 0.2) is 31.0 Å². The number of aliphatic carboxylic acids is 1. The highest BCUT2D eigenvalue weighted by Crippen LogP contribution is 2.26. The number of aromatic nitrogens is 5. The number of carboxylic acids is 1. The number of carbonyl (C=O) groups is 1. The van der Waals surface area contributed by atoms with E-state index < -0.39 is 12.1 Å². The predicted octanol–water partition coefficient (Wildman–Crippen LogP) is 3.71. The highest BCUT2D eigenvalue weighted by molar-refractivity contribution is 5.89. The van der Waals surface area contributed by atoms with Crippen LogP contribution in [-0.2, 0) is 4.79 Å². The molecule has 0 amide bonds. The van der Waals surface area contributed by atoms with Gasteiger partial charge >= 0.3 is 12.1 Å². The molecule has 0 aliphatic carbocycles. The zero-order valence-corrected chi connectivity index (χ0v) is 14.8. The quantitative estimate of drug-likeness (QED) is 0.681. The van der Waals surface area contributed by atoms with Crippen LogP contribution in [-0.4, -0.2) is 42.0 Å². The smallest absolute Gasteiger partial charge is 0.475 e. The lowest BCUT2D eigenvalue weighted by Crippen LogP contribution is -2.21. The maximum atomic E-state index is 10.6. The van der Waals surface area contributed by atoms with E-state index in [9.17, 15) is 13.2 Å². The van der Waals surface area contributed by atoms with Gasteiger partial charge in [0.2, 0.25) is 0 Å². The molecule has 0 saturated carbocycles. The molecule has 3 heterocycles. The predicted molar refractivity (Wildman–Crippen MR) is 93.0 cm³/mol. The van der Waals surface area contributed by atoms with E-state index in [1.54, 1.807) is 12.5 Å². The number of aromatic amines is 1. The Morgan fingerprint density at radius 3 is 2.75 bits per heavy atom. The van der Waals surface area contributed by atoms with Gasteiger partial charge in [0.05, 0.1) is 30.4 Å². The van der Waals surface area contributed by atoms with Crippen molar-refractivity contribution in [2.75, 3.05) is 0 Å². The molecule has 0 radical (unpaired) electrons. The molecule has 3 aromatic heterocycles. The molecule has 11 heteroatoms. The Morgan fingerprint density at radius 1 is 1.43 bits per heavy atom. The summed E-state index contributed by atoms with van der Waals surface area (Å²) in [6.45, 7) is 2.11. The average molecular weight is 394 g/mol. The second kappa shape index (κ2) is 8.98. The zero-order chi connectivity index (χ0) is 20.7. The van der Waals surface area contributed by atoms with Crippen molar-refractivity contribution in [2.45, 2.75) is 38.4 Å². The second-order valence-electron chi connectivity index (χ2n) is 5.78. The number of alkyl halides is 3. The molecular weight excluding hydrogens is 377 g/mol. The molecule has 0 spiro atoms. The van der Waals surface area contributed by atoms with Gasteiger partial charge in [-0.25, -0.2) is 14.8 Å². The van der Waals surface area contributed by atoms with Crippen molar-refractivity contribution in [3.05, 3.63) is 31.0 Å². The number of nitriles is 1. The molecule has 0 aliphatic rings. The minimum absolute atomic E-state index is 0.123. The van der Waals surface area contributed by atoms with Gasteiger partial charge in [0, 0.05) is 23.3 Å². The first-order chi connectivity index (χ1) is 13.3. The molecule has 0 saturated heterocycles. The summed E-state index contributed by atoms with van der Waals surface area (Å²) in [5, 5.41) is 21.5. The van der Waals surface area contributed by atoms with E-state index in [2.05, 4.69) is 33.0 Å². The molecule has 3 aromatic rings. The van der Waals surface area contributed by atoms with Crippen molar-refractivity contribution in [1.82, 2.24) is 24.7 Å². The maximum Gasteiger partial charge on any atom is 0.490 e. The molecule has 0 aliphatic heterocycles. The zero-order valence-electron chi connectivity index (χ0n) is 14.8. The van der Waals surface area contributed by atoms with Crippen LogP contribution in [0.3, 0.4) is 0 Å². The first-order valence-electron chi connectivity index (χ1n) is 8.27. The van der Waals surface area contributed by atoms with Crippen molar-refractivity contribution in [3.63, 3.8) is 0 Å². The minimum atomic E-state index is -5.08. The SMILES string of the molecule is CCC[C@H](CC#N)n1cc(-c2ncnc3[nH]ccc23)cn1.O=C(O)C(F)(F)F. The van der Waals surface area contributed by atoms with Gasteiger partial charge in [-0.2, -0.15) is 23.5 Å². The van der Waals surface area contributed by atoms with E-state index in [0.717, 1.165) is 35.1 Å². The van der Waals surface area contributed by atoms with Crippen LogP contribution in [0.1, 0.15) is 32.2 Å². The lowest BCUT2D eigenvalue weighted by atomic mass is 10.1. The van der Waals surface area contributed by atoms with E-state index in [-0.39, 0.29) is 6.04 Å². The lowest BCUT2D eigenvalue weighted by molar-refractivity contribution is -0.192. The minimum Gasteiger partial charge on any atom is -0.475 e. The van der Waals surface area contributed by atoms with E-state index in [1.165, 1.54) is 0 Å². The first-order valence-corrected chi connectivity index (χ1v) is 8.27. The Bertz CT molecular complexity index is 973. The normalized spacial score (nSPS) is 12.1. The molecule has 3 rings (SSSR count). The number of fused-ring (bicyclic) bond motifs is 1. The van der Waals surface area contributed by atoms with Gasteiger partial charge in [0.1, 0.15) is 12.0 Å². The van der Waals surface area contributed by atoms with Crippen LogP contribution < -0.4 is 0 Å². The number of hydrogen-bond acceptors (Lipinski definition) is 5. The Balaban J connectivity index is 0.000000345. The fourth-order valence-electron chi connectivity index (χ4n) is 2.53. The second-order valence-corrected chi connectivity index (χ2v) is 5.78. The van der Waals surface area contributed by atoms with Crippen molar-refractivity contribution in [1.29, 1.82) is 5.26 Å². The highest BCUT2D eigenvalue weighted by Gasteiger charge is 2.38. The Labute approximate surface area is 157 Å². The fourth-order valence-corrected chi connectivity index (χ4v) is 2.53. The van der Waals surface area contributed by atoms with Crippen molar-refractivity contribution in [3.8, 4) is 17.3 Å². The van der Waals surface area contributed by atoms with Gasteiger partial charge in [-0.15, -0.1) is 0 Å². The van der Waals surface area contributed by atoms with Gasteiger partial charge < -0.3 is 10.1 Å². The lowest BCUT2D eigenvalue weighted by Gasteiger charge is -2.12. The van der Waals surface area contributed by atoms with Gasteiger partial charge in [0.15, 0.2) is 0 Å².